The van der Waals surface area contributed by atoms with Gasteiger partial charge < -0.3 is 10.5 Å². The van der Waals surface area contributed by atoms with E-state index >= 15 is 0 Å². The van der Waals surface area contributed by atoms with Gasteiger partial charge in [0.2, 0.25) is 0 Å². The summed E-state index contributed by atoms with van der Waals surface area (Å²) in [6, 6.07) is 14.2. The standard InChI is InChI=1S/C16H14FNO/c17-16-9-8-13(11-14(16)5-4-10-18)12-19-15-6-2-1-3-7-15/h1-3,6-9,11H,10,12,18H2. The normalized spacial score (nSPS) is 9.58. The minimum Gasteiger partial charge on any atom is -0.489 e. The fourth-order valence-electron chi connectivity index (χ4n) is 1.59. The van der Waals surface area contributed by atoms with E-state index < -0.39 is 0 Å². The van der Waals surface area contributed by atoms with E-state index in [9.17, 15) is 4.39 Å². The summed E-state index contributed by atoms with van der Waals surface area (Å²) in [5, 5.41) is 0. The monoisotopic (exact) mass is 255 g/mol. The third kappa shape index (κ3) is 3.84. The summed E-state index contributed by atoms with van der Waals surface area (Å²) in [6.45, 7) is 0.589. The molecule has 0 fully saturated rings. The van der Waals surface area contributed by atoms with Crippen molar-refractivity contribution in [3.8, 4) is 17.6 Å². The first-order valence-electron chi connectivity index (χ1n) is 5.95. The highest BCUT2D eigenvalue weighted by atomic mass is 19.1. The highest BCUT2D eigenvalue weighted by Gasteiger charge is 2.02. The van der Waals surface area contributed by atoms with E-state index in [0.29, 0.717) is 12.2 Å². The molecule has 3 heteroatoms. The maximum Gasteiger partial charge on any atom is 0.138 e. The van der Waals surface area contributed by atoms with Crippen molar-refractivity contribution in [2.75, 3.05) is 6.54 Å². The summed E-state index contributed by atoms with van der Waals surface area (Å²) in [4.78, 5) is 0. The molecule has 0 aliphatic carbocycles. The van der Waals surface area contributed by atoms with Crippen LogP contribution in [-0.4, -0.2) is 6.54 Å². The third-order valence-electron chi connectivity index (χ3n) is 2.50. The second-order valence-corrected chi connectivity index (χ2v) is 3.92. The minimum atomic E-state index is -0.343. The lowest BCUT2D eigenvalue weighted by Gasteiger charge is -2.06. The molecule has 0 aromatic heterocycles. The zero-order valence-corrected chi connectivity index (χ0v) is 10.4. The molecule has 0 bridgehead atoms. The van der Waals surface area contributed by atoms with E-state index in [2.05, 4.69) is 11.8 Å². The maximum absolute atomic E-state index is 13.5. The first kappa shape index (κ1) is 13.1. The number of para-hydroxylation sites is 1. The van der Waals surface area contributed by atoms with Crippen LogP contribution in [0.25, 0.3) is 0 Å². The maximum atomic E-state index is 13.5. The molecule has 0 amide bonds. The Bertz CT molecular complexity index is 599. The van der Waals surface area contributed by atoms with Crippen LogP contribution in [0.3, 0.4) is 0 Å². The van der Waals surface area contributed by atoms with Crippen molar-refractivity contribution in [2.24, 2.45) is 5.73 Å². The zero-order valence-electron chi connectivity index (χ0n) is 10.4. The highest BCUT2D eigenvalue weighted by Crippen LogP contribution is 2.14. The summed E-state index contributed by atoms with van der Waals surface area (Å²) in [5.74, 6) is 5.78. The molecule has 2 rings (SSSR count). The van der Waals surface area contributed by atoms with Crippen LogP contribution in [0.5, 0.6) is 5.75 Å². The van der Waals surface area contributed by atoms with E-state index in [1.807, 2.05) is 30.3 Å². The third-order valence-corrected chi connectivity index (χ3v) is 2.50. The Morgan fingerprint density at radius 2 is 1.89 bits per heavy atom. The number of hydrogen-bond acceptors (Lipinski definition) is 2. The Balaban J connectivity index is 2.09. The van der Waals surface area contributed by atoms with Gasteiger partial charge in [-0.2, -0.15) is 0 Å². The molecular formula is C16H14FNO. The summed E-state index contributed by atoms with van der Waals surface area (Å²) >= 11 is 0. The Morgan fingerprint density at radius 1 is 1.11 bits per heavy atom. The molecule has 0 atom stereocenters. The lowest BCUT2D eigenvalue weighted by Crippen LogP contribution is -1.97. The lowest BCUT2D eigenvalue weighted by molar-refractivity contribution is 0.306. The number of benzene rings is 2. The molecule has 0 heterocycles. The summed E-state index contributed by atoms with van der Waals surface area (Å²) in [6.07, 6.45) is 0. The van der Waals surface area contributed by atoms with Crippen molar-refractivity contribution < 1.29 is 9.13 Å². The molecule has 0 saturated heterocycles. The Labute approximate surface area is 112 Å². The molecule has 2 nitrogen and oxygen atoms in total. The zero-order chi connectivity index (χ0) is 13.5. The van der Waals surface area contributed by atoms with Crippen LogP contribution < -0.4 is 10.5 Å². The quantitative estimate of drug-likeness (QED) is 0.856. The van der Waals surface area contributed by atoms with Crippen LogP contribution in [0.1, 0.15) is 11.1 Å². The van der Waals surface area contributed by atoms with Gasteiger partial charge in [-0.1, -0.05) is 36.1 Å². The van der Waals surface area contributed by atoms with Crippen LogP contribution in [0.15, 0.2) is 48.5 Å². The summed E-state index contributed by atoms with van der Waals surface area (Å²) < 4.78 is 19.1. The van der Waals surface area contributed by atoms with Gasteiger partial charge in [-0.15, -0.1) is 0 Å². The number of hydrogen-bond donors (Lipinski definition) is 1. The molecule has 19 heavy (non-hydrogen) atoms. The fourth-order valence-corrected chi connectivity index (χ4v) is 1.59. The Kier molecular flexibility index (Phi) is 4.54. The van der Waals surface area contributed by atoms with Gasteiger partial charge in [0.1, 0.15) is 18.2 Å². The molecule has 2 aromatic carbocycles. The molecule has 0 aliphatic heterocycles. The predicted octanol–water partition coefficient (Wildman–Crippen LogP) is 2.71. The van der Waals surface area contributed by atoms with Crippen molar-refractivity contribution in [2.45, 2.75) is 6.61 Å². The van der Waals surface area contributed by atoms with Crippen molar-refractivity contribution in [1.29, 1.82) is 0 Å². The fraction of sp³-hybridized carbons (Fsp3) is 0.125. The molecule has 0 saturated carbocycles. The highest BCUT2D eigenvalue weighted by molar-refractivity contribution is 5.38. The van der Waals surface area contributed by atoms with Gasteiger partial charge in [-0.3, -0.25) is 0 Å². The molecule has 96 valence electrons. The van der Waals surface area contributed by atoms with Gasteiger partial charge in [0.15, 0.2) is 0 Å². The summed E-state index contributed by atoms with van der Waals surface area (Å²) in [7, 11) is 0. The number of nitrogens with two attached hydrogens (primary N) is 1. The van der Waals surface area contributed by atoms with Crippen LogP contribution in [0.2, 0.25) is 0 Å². The van der Waals surface area contributed by atoms with Gasteiger partial charge >= 0.3 is 0 Å². The van der Waals surface area contributed by atoms with E-state index in [0.717, 1.165) is 11.3 Å². The lowest BCUT2D eigenvalue weighted by atomic mass is 10.1. The van der Waals surface area contributed by atoms with Crippen molar-refractivity contribution in [3.05, 3.63) is 65.5 Å². The Morgan fingerprint density at radius 3 is 2.63 bits per heavy atom. The number of halogens is 1. The van der Waals surface area contributed by atoms with Gasteiger partial charge in [0.05, 0.1) is 12.1 Å². The SMILES string of the molecule is NCC#Cc1cc(COc2ccccc2)ccc1F. The van der Waals surface area contributed by atoms with Crippen LogP contribution >= 0.6 is 0 Å². The number of rotatable bonds is 3. The number of ether oxygens (including phenoxy) is 1. The van der Waals surface area contributed by atoms with Gasteiger partial charge in [-0.25, -0.2) is 4.39 Å². The van der Waals surface area contributed by atoms with Crippen LogP contribution in [0.4, 0.5) is 4.39 Å². The van der Waals surface area contributed by atoms with Gasteiger partial charge in [-0.05, 0) is 29.8 Å². The van der Waals surface area contributed by atoms with Gasteiger partial charge in [0.25, 0.3) is 0 Å². The summed E-state index contributed by atoms with van der Waals surface area (Å²) in [5.41, 5.74) is 6.49. The van der Waals surface area contributed by atoms with Gasteiger partial charge in [0, 0.05) is 0 Å². The van der Waals surface area contributed by atoms with E-state index in [1.165, 1.54) is 6.07 Å². The van der Waals surface area contributed by atoms with E-state index in [1.54, 1.807) is 12.1 Å². The average Bonchev–Trinajstić information content (AvgIpc) is 2.46. The predicted molar refractivity (Wildman–Crippen MR) is 73.1 cm³/mol. The first-order valence-corrected chi connectivity index (χ1v) is 5.95. The smallest absolute Gasteiger partial charge is 0.138 e. The second-order valence-electron chi connectivity index (χ2n) is 3.92. The van der Waals surface area contributed by atoms with Crippen LogP contribution in [-0.2, 0) is 6.61 Å². The van der Waals surface area contributed by atoms with Crippen molar-refractivity contribution >= 4 is 0 Å². The second kappa shape index (κ2) is 6.58. The largest absolute Gasteiger partial charge is 0.489 e. The van der Waals surface area contributed by atoms with Crippen LogP contribution in [0, 0.1) is 17.7 Å². The van der Waals surface area contributed by atoms with Crippen molar-refractivity contribution in [1.82, 2.24) is 0 Å². The van der Waals surface area contributed by atoms with Crippen molar-refractivity contribution in [3.63, 3.8) is 0 Å². The first-order chi connectivity index (χ1) is 9.29. The van der Waals surface area contributed by atoms with E-state index in [-0.39, 0.29) is 12.4 Å². The van der Waals surface area contributed by atoms with E-state index in [4.69, 9.17) is 10.5 Å². The molecule has 2 aromatic rings. The average molecular weight is 255 g/mol. The molecule has 0 unspecified atom stereocenters. The minimum absolute atomic E-state index is 0.212. The topological polar surface area (TPSA) is 35.2 Å². The molecule has 0 aliphatic rings. The molecule has 2 N–H and O–H groups in total. The molecule has 0 spiro atoms. The Hall–Kier alpha value is -2.31. The molecule has 0 radical (unpaired) electrons. The molecular weight excluding hydrogens is 241 g/mol.